The molecule has 27 heavy (non-hydrogen) atoms. The number of para-hydroxylation sites is 1. The van der Waals surface area contributed by atoms with E-state index >= 15 is 0 Å². The number of rotatable bonds is 5. The second kappa shape index (κ2) is 7.62. The summed E-state index contributed by atoms with van der Waals surface area (Å²) in [6.07, 6.45) is 3.19. The van der Waals surface area contributed by atoms with Crippen LogP contribution in [0.4, 0.5) is 0 Å². The highest BCUT2D eigenvalue weighted by molar-refractivity contribution is 7.89. The molecule has 2 aliphatic rings. The highest BCUT2D eigenvalue weighted by atomic mass is 32.2. The van der Waals surface area contributed by atoms with Gasteiger partial charge in [-0.1, -0.05) is 18.2 Å². The van der Waals surface area contributed by atoms with Gasteiger partial charge in [-0.3, -0.25) is 0 Å². The van der Waals surface area contributed by atoms with Crippen LogP contribution in [0.3, 0.4) is 0 Å². The summed E-state index contributed by atoms with van der Waals surface area (Å²) in [5, 5.41) is 0. The topological polar surface area (TPSA) is 51.1 Å². The molecule has 1 aliphatic heterocycles. The summed E-state index contributed by atoms with van der Waals surface area (Å²) < 4.78 is 33.2. The number of nitrogens with zero attached hydrogens (tertiary/aromatic N) is 1. The Bertz CT molecular complexity index is 919. The molecule has 0 amide bonds. The Morgan fingerprint density at radius 1 is 1.04 bits per heavy atom. The van der Waals surface area contributed by atoms with Gasteiger partial charge in [0.25, 0.3) is 0 Å². The number of fused-ring (bicyclic) bond motifs is 1. The van der Waals surface area contributed by atoms with Crippen molar-refractivity contribution in [3.63, 3.8) is 0 Å². The minimum Gasteiger partial charge on any atom is -0.496 e. The lowest BCUT2D eigenvalue weighted by Gasteiger charge is -2.31. The summed E-state index contributed by atoms with van der Waals surface area (Å²) in [6, 6.07) is 13.7. The Hall–Kier alpha value is -1.89. The Morgan fingerprint density at radius 2 is 1.78 bits per heavy atom. The Kier molecular flexibility index (Phi) is 5.21. The number of piperazine rings is 1. The highest BCUT2D eigenvalue weighted by Gasteiger charge is 2.31. The molecule has 1 fully saturated rings. The molecule has 6 heteroatoms. The van der Waals surface area contributed by atoms with Gasteiger partial charge in [-0.05, 0) is 54.7 Å². The fourth-order valence-corrected chi connectivity index (χ4v) is 5.69. The molecule has 0 radical (unpaired) electrons. The molecule has 0 aromatic heterocycles. The fourth-order valence-electron chi connectivity index (χ4n) is 4.20. The van der Waals surface area contributed by atoms with Gasteiger partial charge in [0.05, 0.1) is 38.2 Å². The van der Waals surface area contributed by atoms with Crippen LogP contribution in [0.25, 0.3) is 0 Å². The molecule has 0 unspecified atom stereocenters. The molecular formula is C21H27N2O3S+. The van der Waals surface area contributed by atoms with Gasteiger partial charge in [-0.2, -0.15) is 4.31 Å². The van der Waals surface area contributed by atoms with E-state index in [1.54, 1.807) is 17.5 Å². The zero-order valence-electron chi connectivity index (χ0n) is 15.8. The quantitative estimate of drug-likeness (QED) is 0.841. The van der Waals surface area contributed by atoms with Gasteiger partial charge in [0.2, 0.25) is 10.0 Å². The number of methoxy groups -OCH3 is 1. The summed E-state index contributed by atoms with van der Waals surface area (Å²) in [7, 11) is -1.71. The summed E-state index contributed by atoms with van der Waals surface area (Å²) in [5.41, 5.74) is 3.68. The second-order valence-electron chi connectivity index (χ2n) is 7.43. The minimum absolute atomic E-state index is 0.455. The van der Waals surface area contributed by atoms with Gasteiger partial charge in [0.1, 0.15) is 12.3 Å². The summed E-state index contributed by atoms with van der Waals surface area (Å²) in [5.74, 6) is 0.901. The molecule has 4 rings (SSSR count). The summed E-state index contributed by atoms with van der Waals surface area (Å²) >= 11 is 0. The van der Waals surface area contributed by atoms with Crippen molar-refractivity contribution in [1.82, 2.24) is 4.31 Å². The molecule has 2 aromatic rings. The van der Waals surface area contributed by atoms with Crippen LogP contribution < -0.4 is 9.64 Å². The molecular weight excluding hydrogens is 360 g/mol. The van der Waals surface area contributed by atoms with Gasteiger partial charge in [0.15, 0.2) is 0 Å². The Labute approximate surface area is 161 Å². The van der Waals surface area contributed by atoms with Gasteiger partial charge >= 0.3 is 0 Å². The highest BCUT2D eigenvalue weighted by Crippen LogP contribution is 2.26. The van der Waals surface area contributed by atoms with E-state index in [4.69, 9.17) is 4.74 Å². The van der Waals surface area contributed by atoms with Crippen LogP contribution in [0.5, 0.6) is 5.75 Å². The molecule has 0 atom stereocenters. The first-order valence-corrected chi connectivity index (χ1v) is 11.1. The number of nitrogens with one attached hydrogen (secondary N) is 1. The lowest BCUT2D eigenvalue weighted by Crippen LogP contribution is -3.13. The van der Waals surface area contributed by atoms with E-state index in [1.165, 1.54) is 21.6 Å². The first-order chi connectivity index (χ1) is 13.1. The Morgan fingerprint density at radius 3 is 2.56 bits per heavy atom. The van der Waals surface area contributed by atoms with Crippen molar-refractivity contribution < 1.29 is 18.1 Å². The minimum atomic E-state index is -3.40. The zero-order valence-corrected chi connectivity index (χ0v) is 16.6. The van der Waals surface area contributed by atoms with Crippen molar-refractivity contribution in [2.45, 2.75) is 30.7 Å². The molecule has 2 aromatic carbocycles. The number of ether oxygens (including phenoxy) is 1. The molecule has 1 heterocycles. The first-order valence-electron chi connectivity index (χ1n) is 9.65. The lowest BCUT2D eigenvalue weighted by atomic mass is 10.1. The van der Waals surface area contributed by atoms with Gasteiger partial charge in [0, 0.05) is 5.56 Å². The fraction of sp³-hybridized carbons (Fsp3) is 0.429. The van der Waals surface area contributed by atoms with Gasteiger partial charge in [-0.25, -0.2) is 8.42 Å². The summed E-state index contributed by atoms with van der Waals surface area (Å²) in [6.45, 7) is 3.59. The third-order valence-electron chi connectivity index (χ3n) is 5.77. The predicted molar refractivity (Wildman–Crippen MR) is 105 cm³/mol. The second-order valence-corrected chi connectivity index (χ2v) is 9.36. The van der Waals surface area contributed by atoms with Crippen LogP contribution in [-0.4, -0.2) is 46.0 Å². The maximum atomic E-state index is 13.0. The van der Waals surface area contributed by atoms with Crippen LogP contribution in [0, 0.1) is 0 Å². The van der Waals surface area contributed by atoms with Crippen LogP contribution in [0.2, 0.25) is 0 Å². The molecule has 0 spiro atoms. The van der Waals surface area contributed by atoms with Gasteiger partial charge in [-0.15, -0.1) is 0 Å². The lowest BCUT2D eigenvalue weighted by molar-refractivity contribution is -0.917. The standard InChI is InChI=1S/C21H26N2O3S/c1-26-21-8-3-2-5-19(21)16-22-11-13-23(14-12-22)27(24,25)20-10-9-17-6-4-7-18(17)15-20/h2-3,5,8-10,15H,4,6-7,11-14,16H2,1H3/p+1. The van der Waals surface area contributed by atoms with E-state index in [1.807, 2.05) is 30.3 Å². The van der Waals surface area contributed by atoms with E-state index in [9.17, 15) is 8.42 Å². The molecule has 1 N–H and O–H groups in total. The average molecular weight is 388 g/mol. The monoisotopic (exact) mass is 387 g/mol. The Balaban J connectivity index is 1.42. The van der Waals surface area contributed by atoms with Crippen molar-refractivity contribution in [2.75, 3.05) is 33.3 Å². The molecule has 0 saturated carbocycles. The van der Waals surface area contributed by atoms with Crippen LogP contribution in [-0.2, 0) is 29.4 Å². The van der Waals surface area contributed by atoms with Gasteiger partial charge < -0.3 is 9.64 Å². The number of benzene rings is 2. The van der Waals surface area contributed by atoms with Crippen molar-refractivity contribution in [3.05, 3.63) is 59.2 Å². The van der Waals surface area contributed by atoms with Crippen molar-refractivity contribution >= 4 is 10.0 Å². The van der Waals surface area contributed by atoms with Crippen molar-refractivity contribution in [1.29, 1.82) is 0 Å². The normalized spacial score (nSPS) is 18.4. The molecule has 1 saturated heterocycles. The largest absolute Gasteiger partial charge is 0.496 e. The first kappa shape index (κ1) is 18.5. The van der Waals surface area contributed by atoms with E-state index in [-0.39, 0.29) is 0 Å². The van der Waals surface area contributed by atoms with Crippen LogP contribution >= 0.6 is 0 Å². The molecule has 5 nitrogen and oxygen atoms in total. The average Bonchev–Trinajstić information content (AvgIpc) is 3.17. The molecule has 144 valence electrons. The summed E-state index contributed by atoms with van der Waals surface area (Å²) in [4.78, 5) is 1.84. The van der Waals surface area contributed by atoms with Crippen LogP contribution in [0.1, 0.15) is 23.1 Å². The number of quaternary nitrogens is 1. The van der Waals surface area contributed by atoms with E-state index in [2.05, 4.69) is 6.07 Å². The third-order valence-corrected chi connectivity index (χ3v) is 7.66. The molecule has 1 aliphatic carbocycles. The number of sulfonamides is 1. The van der Waals surface area contributed by atoms with Crippen molar-refractivity contribution in [2.24, 2.45) is 0 Å². The maximum absolute atomic E-state index is 13.0. The van der Waals surface area contributed by atoms with E-state index in [0.717, 1.165) is 44.6 Å². The predicted octanol–water partition coefficient (Wildman–Crippen LogP) is 1.27. The van der Waals surface area contributed by atoms with Crippen molar-refractivity contribution in [3.8, 4) is 5.75 Å². The number of hydrogen-bond acceptors (Lipinski definition) is 3. The SMILES string of the molecule is COc1ccccc1C[NH+]1CCN(S(=O)(=O)c2ccc3c(c2)CCC3)CC1. The number of aryl methyl sites for hydroxylation is 2. The zero-order chi connectivity index (χ0) is 18.9. The third kappa shape index (κ3) is 3.74. The van der Waals surface area contributed by atoms with Crippen LogP contribution in [0.15, 0.2) is 47.4 Å². The smallest absolute Gasteiger partial charge is 0.243 e. The van der Waals surface area contributed by atoms with E-state index in [0.29, 0.717) is 18.0 Å². The number of hydrogen-bond donors (Lipinski definition) is 1. The maximum Gasteiger partial charge on any atom is 0.243 e. The molecule has 0 bridgehead atoms. The van der Waals surface area contributed by atoms with E-state index < -0.39 is 10.0 Å².